The van der Waals surface area contributed by atoms with E-state index < -0.39 is 5.97 Å². The van der Waals surface area contributed by atoms with Crippen LogP contribution in [0.3, 0.4) is 0 Å². The number of unbranched alkanes of at least 4 members (excludes halogenated alkanes) is 4. The summed E-state index contributed by atoms with van der Waals surface area (Å²) in [5, 5.41) is 8.37. The van der Waals surface area contributed by atoms with Crippen LogP contribution < -0.4 is 11.5 Å². The number of benzene rings is 1. The van der Waals surface area contributed by atoms with Gasteiger partial charge < -0.3 is 21.4 Å². The van der Waals surface area contributed by atoms with Crippen LogP contribution in [-0.4, -0.2) is 31.5 Å². The molecule has 5 nitrogen and oxygen atoms in total. The second kappa shape index (κ2) is 24.3. The van der Waals surface area contributed by atoms with E-state index in [4.69, 9.17) is 15.6 Å². The fourth-order valence-corrected chi connectivity index (χ4v) is 1.52. The highest BCUT2D eigenvalue weighted by Crippen LogP contribution is 2.00. The monoisotopic (exact) mass is 312 g/mol. The first-order chi connectivity index (χ1) is 10.7. The zero-order chi connectivity index (χ0) is 17.6. The molecule has 0 radical (unpaired) electrons. The molecule has 0 spiro atoms. The van der Waals surface area contributed by atoms with E-state index in [1.54, 1.807) is 12.1 Å². The molecule has 0 aromatic heterocycles. The molecule has 0 fully saturated rings. The molecule has 0 saturated heterocycles. The Hall–Kier alpha value is -1.72. The lowest BCUT2D eigenvalue weighted by Gasteiger charge is -1.93. The summed E-state index contributed by atoms with van der Waals surface area (Å²) in [6, 6.07) is 9.13. The van der Waals surface area contributed by atoms with Crippen molar-refractivity contribution in [2.45, 2.75) is 45.4 Å². The van der Waals surface area contributed by atoms with Gasteiger partial charge in [-0.2, -0.15) is 0 Å². The Kier molecular flexibility index (Phi) is 27.9. The Labute approximate surface area is 134 Å². The van der Waals surface area contributed by atoms with Gasteiger partial charge in [-0.05, 0) is 25.6 Å². The first-order valence-corrected chi connectivity index (χ1v) is 7.53. The predicted molar refractivity (Wildman–Crippen MR) is 92.8 cm³/mol. The van der Waals surface area contributed by atoms with Crippen molar-refractivity contribution in [2.24, 2.45) is 11.5 Å². The molecule has 1 aromatic rings. The van der Waals surface area contributed by atoms with Crippen LogP contribution in [0.1, 0.15) is 44.6 Å². The summed E-state index contributed by atoms with van der Waals surface area (Å²) in [6.07, 6.45) is 6.71. The minimum Gasteiger partial charge on any atom is -0.481 e. The van der Waals surface area contributed by atoms with Crippen molar-refractivity contribution in [1.82, 2.24) is 0 Å². The van der Waals surface area contributed by atoms with Crippen LogP contribution in [0.15, 0.2) is 30.3 Å². The lowest BCUT2D eigenvalue weighted by molar-refractivity contribution is -0.136. The quantitative estimate of drug-likeness (QED) is 0.671. The minimum absolute atomic E-state index is 0.112. The van der Waals surface area contributed by atoms with E-state index in [0.29, 0.717) is 0 Å². The van der Waals surface area contributed by atoms with E-state index in [-0.39, 0.29) is 6.42 Å². The molecule has 0 aliphatic carbocycles. The summed E-state index contributed by atoms with van der Waals surface area (Å²) >= 11 is 0. The maximum absolute atomic E-state index is 10.2. The van der Waals surface area contributed by atoms with Crippen molar-refractivity contribution in [3.8, 4) is 0 Å². The number of nitrogens with two attached hydrogens (primary N) is 2. The van der Waals surface area contributed by atoms with Gasteiger partial charge in [-0.3, -0.25) is 4.79 Å². The van der Waals surface area contributed by atoms with E-state index in [1.807, 2.05) is 25.0 Å². The molecule has 5 heteroatoms. The van der Waals surface area contributed by atoms with E-state index in [0.717, 1.165) is 12.1 Å². The van der Waals surface area contributed by atoms with Crippen LogP contribution in [0.5, 0.6) is 0 Å². The van der Waals surface area contributed by atoms with Crippen LogP contribution in [-0.2, 0) is 16.0 Å². The van der Waals surface area contributed by atoms with Crippen LogP contribution in [0.25, 0.3) is 0 Å². The maximum atomic E-state index is 10.2. The topological polar surface area (TPSA) is 106 Å². The first kappa shape index (κ1) is 25.2. The molecule has 0 saturated carbocycles. The Morgan fingerprint density at radius 3 is 1.95 bits per heavy atom. The lowest BCUT2D eigenvalue weighted by Crippen LogP contribution is -1.98. The molecule has 5 N–H and O–H groups in total. The molecule has 1 rings (SSSR count). The molecule has 0 aliphatic rings. The molecule has 0 aliphatic heterocycles. The third kappa shape index (κ3) is 23.4. The normalized spacial score (nSPS) is 8.18. The lowest BCUT2D eigenvalue weighted by atomic mass is 10.2. The van der Waals surface area contributed by atoms with Crippen molar-refractivity contribution in [3.05, 3.63) is 35.9 Å². The van der Waals surface area contributed by atoms with Crippen LogP contribution in [0, 0.1) is 0 Å². The number of carbonyl (C=O) groups is 2. The molecule has 128 valence electrons. The summed E-state index contributed by atoms with van der Waals surface area (Å²) in [6.45, 7) is 5.09. The van der Waals surface area contributed by atoms with E-state index >= 15 is 0 Å². The van der Waals surface area contributed by atoms with Crippen molar-refractivity contribution >= 4 is 12.8 Å². The van der Waals surface area contributed by atoms with E-state index in [1.165, 1.54) is 39.2 Å². The number of aliphatic carboxylic acids is 1. The summed E-state index contributed by atoms with van der Waals surface area (Å²) in [5.74, 6) is -0.786. The van der Waals surface area contributed by atoms with Gasteiger partial charge in [0.1, 0.15) is 6.79 Å². The summed E-state index contributed by atoms with van der Waals surface area (Å²) in [4.78, 5) is 18.2. The SMILES string of the molecule is C=O.CCCCCCCN.CN.O=C(O)Cc1ccccc1. The smallest absolute Gasteiger partial charge is 0.307 e. The largest absolute Gasteiger partial charge is 0.481 e. The standard InChI is InChI=1S/C8H8O2.C7H17N.CH5N.CH2O/c9-8(10)6-7-4-2-1-3-5-7;1-2-3-4-5-6-7-8;2*1-2/h1-5H,6H2,(H,9,10);2-8H2,1H3;2H2,1H3;1H2. The molecule has 1 aromatic carbocycles. The number of hydrogen-bond donors (Lipinski definition) is 3. The summed E-state index contributed by atoms with van der Waals surface area (Å²) in [7, 11) is 1.50. The Balaban J connectivity index is -0.000000272. The molecule has 0 bridgehead atoms. The molecule has 0 heterocycles. The van der Waals surface area contributed by atoms with Gasteiger partial charge >= 0.3 is 5.97 Å². The average Bonchev–Trinajstić information content (AvgIpc) is 2.56. The zero-order valence-electron chi connectivity index (χ0n) is 14.0. The number of carboxylic acids is 1. The van der Waals surface area contributed by atoms with Gasteiger partial charge in [0.15, 0.2) is 0 Å². The van der Waals surface area contributed by atoms with Crippen LogP contribution in [0.4, 0.5) is 0 Å². The molecule has 0 amide bonds. The zero-order valence-corrected chi connectivity index (χ0v) is 14.0. The van der Waals surface area contributed by atoms with Crippen LogP contribution >= 0.6 is 0 Å². The third-order valence-corrected chi connectivity index (χ3v) is 2.51. The fraction of sp³-hybridized carbons (Fsp3) is 0.529. The first-order valence-electron chi connectivity index (χ1n) is 7.53. The highest BCUT2D eigenvalue weighted by molar-refractivity contribution is 5.70. The fourth-order valence-electron chi connectivity index (χ4n) is 1.52. The molecular weight excluding hydrogens is 280 g/mol. The number of hydrogen-bond acceptors (Lipinski definition) is 4. The van der Waals surface area contributed by atoms with E-state index in [9.17, 15) is 4.79 Å². The second-order valence-electron chi connectivity index (χ2n) is 4.26. The highest BCUT2D eigenvalue weighted by atomic mass is 16.4. The summed E-state index contributed by atoms with van der Waals surface area (Å²) in [5.41, 5.74) is 10.7. The molecular formula is C17H32N2O3. The van der Waals surface area contributed by atoms with Crippen molar-refractivity contribution < 1.29 is 14.7 Å². The Bertz CT molecular complexity index is 313. The highest BCUT2D eigenvalue weighted by Gasteiger charge is 1.96. The summed E-state index contributed by atoms with van der Waals surface area (Å²) < 4.78 is 0. The van der Waals surface area contributed by atoms with Crippen molar-refractivity contribution in [2.75, 3.05) is 13.6 Å². The number of carbonyl (C=O) groups excluding carboxylic acids is 1. The van der Waals surface area contributed by atoms with E-state index in [2.05, 4.69) is 12.7 Å². The second-order valence-corrected chi connectivity index (χ2v) is 4.26. The molecule has 22 heavy (non-hydrogen) atoms. The predicted octanol–water partition coefficient (Wildman–Crippen LogP) is 2.62. The molecule has 0 unspecified atom stereocenters. The van der Waals surface area contributed by atoms with Gasteiger partial charge in [0.2, 0.25) is 0 Å². The van der Waals surface area contributed by atoms with Crippen molar-refractivity contribution in [1.29, 1.82) is 0 Å². The number of rotatable bonds is 7. The van der Waals surface area contributed by atoms with Gasteiger partial charge in [-0.1, -0.05) is 62.9 Å². The van der Waals surface area contributed by atoms with Crippen LogP contribution in [0.2, 0.25) is 0 Å². The Morgan fingerprint density at radius 2 is 1.55 bits per heavy atom. The van der Waals surface area contributed by atoms with Gasteiger partial charge in [0, 0.05) is 0 Å². The molecule has 0 atom stereocenters. The van der Waals surface area contributed by atoms with Gasteiger partial charge in [-0.25, -0.2) is 0 Å². The maximum Gasteiger partial charge on any atom is 0.307 e. The third-order valence-electron chi connectivity index (χ3n) is 2.51. The minimum atomic E-state index is -0.786. The van der Waals surface area contributed by atoms with Gasteiger partial charge in [-0.15, -0.1) is 0 Å². The average molecular weight is 312 g/mol. The Morgan fingerprint density at radius 1 is 1.05 bits per heavy atom. The van der Waals surface area contributed by atoms with Crippen molar-refractivity contribution in [3.63, 3.8) is 0 Å². The van der Waals surface area contributed by atoms with Gasteiger partial charge in [0.25, 0.3) is 0 Å². The van der Waals surface area contributed by atoms with Gasteiger partial charge in [0.05, 0.1) is 6.42 Å². The number of carboxylic acid groups (broad SMARTS) is 1.